The van der Waals surface area contributed by atoms with E-state index in [2.05, 4.69) is 23.2 Å². The minimum Gasteiger partial charge on any atom is -0.384 e. The van der Waals surface area contributed by atoms with Crippen molar-refractivity contribution in [2.24, 2.45) is 0 Å². The van der Waals surface area contributed by atoms with E-state index in [0.29, 0.717) is 0 Å². The molecule has 21 heavy (non-hydrogen) atoms. The molecule has 0 aliphatic carbocycles. The van der Waals surface area contributed by atoms with E-state index >= 15 is 0 Å². The number of benzene rings is 2. The third-order valence-corrected chi connectivity index (χ3v) is 3.90. The molecule has 0 saturated carbocycles. The summed E-state index contributed by atoms with van der Waals surface area (Å²) in [5.41, 5.74) is 6.00. The zero-order valence-electron chi connectivity index (χ0n) is 12.6. The van der Waals surface area contributed by atoms with Crippen LogP contribution in [0.2, 0.25) is 0 Å². The Kier molecular flexibility index (Phi) is 3.48. The molecule has 1 atom stereocenters. The van der Waals surface area contributed by atoms with E-state index in [0.717, 1.165) is 38.9 Å². The van der Waals surface area contributed by atoms with Crippen molar-refractivity contribution >= 4 is 10.9 Å². The predicted octanol–water partition coefficient (Wildman–Crippen LogP) is 4.24. The van der Waals surface area contributed by atoms with Crippen LogP contribution in [0.5, 0.6) is 0 Å². The average molecular weight is 277 g/mol. The minimum atomic E-state index is -0.628. The standard InChI is InChI=1S/C19H19NO/c1-12-8-9-13(2)16(10-12)19(21)17-11-14(3)20-18-7-5-4-6-15(17)18/h4-11,19,21H,1-3H3. The van der Waals surface area contributed by atoms with Crippen LogP contribution < -0.4 is 0 Å². The van der Waals surface area contributed by atoms with E-state index in [4.69, 9.17) is 0 Å². The van der Waals surface area contributed by atoms with E-state index in [1.165, 1.54) is 0 Å². The summed E-state index contributed by atoms with van der Waals surface area (Å²) in [6.07, 6.45) is -0.628. The number of rotatable bonds is 2. The number of aromatic nitrogens is 1. The fourth-order valence-electron chi connectivity index (χ4n) is 2.79. The lowest BCUT2D eigenvalue weighted by molar-refractivity contribution is 0.221. The fraction of sp³-hybridized carbons (Fsp3) is 0.211. The summed E-state index contributed by atoms with van der Waals surface area (Å²) >= 11 is 0. The van der Waals surface area contributed by atoms with Crippen LogP contribution in [-0.4, -0.2) is 10.1 Å². The number of nitrogens with zero attached hydrogens (tertiary/aromatic N) is 1. The van der Waals surface area contributed by atoms with Gasteiger partial charge in [0, 0.05) is 11.1 Å². The van der Waals surface area contributed by atoms with E-state index in [1.807, 2.05) is 51.1 Å². The van der Waals surface area contributed by atoms with Gasteiger partial charge in [-0.15, -0.1) is 0 Å². The molecule has 0 bridgehead atoms. The Morgan fingerprint density at radius 2 is 1.67 bits per heavy atom. The highest BCUT2D eigenvalue weighted by molar-refractivity contribution is 5.83. The summed E-state index contributed by atoms with van der Waals surface area (Å²) in [5.74, 6) is 0. The smallest absolute Gasteiger partial charge is 0.105 e. The van der Waals surface area contributed by atoms with Crippen LogP contribution in [0.4, 0.5) is 0 Å². The Hall–Kier alpha value is -2.19. The summed E-state index contributed by atoms with van der Waals surface area (Å²) in [5, 5.41) is 11.9. The lowest BCUT2D eigenvalue weighted by Gasteiger charge is -2.17. The van der Waals surface area contributed by atoms with Gasteiger partial charge in [0.25, 0.3) is 0 Å². The fourth-order valence-corrected chi connectivity index (χ4v) is 2.79. The van der Waals surface area contributed by atoms with Gasteiger partial charge in [-0.25, -0.2) is 0 Å². The molecular weight excluding hydrogens is 258 g/mol. The topological polar surface area (TPSA) is 33.1 Å². The number of aryl methyl sites for hydroxylation is 3. The van der Waals surface area contributed by atoms with Crippen LogP contribution in [0.15, 0.2) is 48.5 Å². The molecule has 3 rings (SSSR count). The van der Waals surface area contributed by atoms with Crippen molar-refractivity contribution < 1.29 is 5.11 Å². The number of hydrogen-bond acceptors (Lipinski definition) is 2. The number of para-hydroxylation sites is 1. The Morgan fingerprint density at radius 1 is 0.905 bits per heavy atom. The number of aliphatic hydroxyl groups excluding tert-OH is 1. The van der Waals surface area contributed by atoms with Crippen LogP contribution in [-0.2, 0) is 0 Å². The molecule has 106 valence electrons. The first-order chi connectivity index (χ1) is 10.1. The molecule has 1 heterocycles. The molecule has 0 saturated heterocycles. The van der Waals surface area contributed by atoms with E-state index in [1.54, 1.807) is 0 Å². The number of pyridine rings is 1. The molecule has 1 aromatic heterocycles. The maximum Gasteiger partial charge on any atom is 0.105 e. The summed E-state index contributed by atoms with van der Waals surface area (Å²) < 4.78 is 0. The van der Waals surface area contributed by atoms with Gasteiger partial charge in [0.15, 0.2) is 0 Å². The second kappa shape index (κ2) is 5.30. The first-order valence-electron chi connectivity index (χ1n) is 7.18. The van der Waals surface area contributed by atoms with Gasteiger partial charge < -0.3 is 5.11 Å². The van der Waals surface area contributed by atoms with Crippen molar-refractivity contribution in [3.63, 3.8) is 0 Å². The zero-order chi connectivity index (χ0) is 15.0. The molecule has 1 N–H and O–H groups in total. The van der Waals surface area contributed by atoms with Crippen molar-refractivity contribution in [3.05, 3.63) is 76.5 Å². The van der Waals surface area contributed by atoms with Crippen LogP contribution in [0.3, 0.4) is 0 Å². The van der Waals surface area contributed by atoms with Gasteiger partial charge >= 0.3 is 0 Å². The van der Waals surface area contributed by atoms with Gasteiger partial charge in [0.05, 0.1) is 5.52 Å². The quantitative estimate of drug-likeness (QED) is 0.760. The van der Waals surface area contributed by atoms with Crippen molar-refractivity contribution in [3.8, 4) is 0 Å². The first-order valence-corrected chi connectivity index (χ1v) is 7.18. The SMILES string of the molecule is Cc1ccc(C)c(C(O)c2cc(C)nc3ccccc23)c1. The maximum absolute atomic E-state index is 10.9. The predicted molar refractivity (Wildman–Crippen MR) is 86.5 cm³/mol. The van der Waals surface area contributed by atoms with Crippen molar-refractivity contribution in [1.29, 1.82) is 0 Å². The summed E-state index contributed by atoms with van der Waals surface area (Å²) in [4.78, 5) is 4.54. The monoisotopic (exact) mass is 277 g/mol. The second-order valence-electron chi connectivity index (χ2n) is 5.63. The highest BCUT2D eigenvalue weighted by atomic mass is 16.3. The molecule has 0 aliphatic rings. The number of aliphatic hydroxyl groups is 1. The van der Waals surface area contributed by atoms with Gasteiger partial charge in [0.2, 0.25) is 0 Å². The molecule has 0 fully saturated rings. The van der Waals surface area contributed by atoms with Crippen LogP contribution in [0.1, 0.15) is 34.1 Å². The van der Waals surface area contributed by atoms with Crippen molar-refractivity contribution in [1.82, 2.24) is 4.98 Å². The Bertz CT molecular complexity index is 808. The highest BCUT2D eigenvalue weighted by Crippen LogP contribution is 2.30. The molecule has 0 radical (unpaired) electrons. The second-order valence-corrected chi connectivity index (χ2v) is 5.63. The normalized spacial score (nSPS) is 12.6. The van der Waals surface area contributed by atoms with Crippen molar-refractivity contribution in [2.45, 2.75) is 26.9 Å². The van der Waals surface area contributed by atoms with Crippen LogP contribution in [0, 0.1) is 20.8 Å². The van der Waals surface area contributed by atoms with E-state index in [9.17, 15) is 5.11 Å². The average Bonchev–Trinajstić information content (AvgIpc) is 2.48. The summed E-state index contributed by atoms with van der Waals surface area (Å²) in [6.45, 7) is 6.05. The molecule has 0 amide bonds. The van der Waals surface area contributed by atoms with Crippen LogP contribution >= 0.6 is 0 Å². The molecular formula is C19H19NO. The largest absolute Gasteiger partial charge is 0.384 e. The molecule has 2 aromatic carbocycles. The molecule has 0 aliphatic heterocycles. The van der Waals surface area contributed by atoms with E-state index < -0.39 is 6.10 Å². The van der Waals surface area contributed by atoms with Gasteiger partial charge in [-0.05, 0) is 49.6 Å². The minimum absolute atomic E-state index is 0.628. The summed E-state index contributed by atoms with van der Waals surface area (Å²) in [6, 6.07) is 16.1. The molecule has 3 aromatic rings. The molecule has 0 spiro atoms. The van der Waals surface area contributed by atoms with Gasteiger partial charge in [0.1, 0.15) is 6.10 Å². The highest BCUT2D eigenvalue weighted by Gasteiger charge is 2.16. The molecule has 1 unspecified atom stereocenters. The zero-order valence-corrected chi connectivity index (χ0v) is 12.6. The molecule has 2 heteroatoms. The van der Waals surface area contributed by atoms with Gasteiger partial charge in [-0.1, -0.05) is 42.0 Å². The van der Waals surface area contributed by atoms with Crippen molar-refractivity contribution in [2.75, 3.05) is 0 Å². The Morgan fingerprint density at radius 3 is 2.48 bits per heavy atom. The first kappa shape index (κ1) is 13.8. The number of fused-ring (bicyclic) bond motifs is 1. The third kappa shape index (κ3) is 2.55. The van der Waals surface area contributed by atoms with Crippen LogP contribution in [0.25, 0.3) is 10.9 Å². The lowest BCUT2D eigenvalue weighted by atomic mass is 9.93. The summed E-state index contributed by atoms with van der Waals surface area (Å²) in [7, 11) is 0. The lowest BCUT2D eigenvalue weighted by Crippen LogP contribution is -2.04. The van der Waals surface area contributed by atoms with E-state index in [-0.39, 0.29) is 0 Å². The Balaban J connectivity index is 2.22. The Labute approximate surface area is 125 Å². The third-order valence-electron chi connectivity index (χ3n) is 3.90. The number of hydrogen-bond donors (Lipinski definition) is 1. The maximum atomic E-state index is 10.9. The van der Waals surface area contributed by atoms with Gasteiger partial charge in [-0.2, -0.15) is 0 Å². The molecule has 2 nitrogen and oxygen atoms in total. The van der Waals surface area contributed by atoms with Gasteiger partial charge in [-0.3, -0.25) is 4.98 Å².